The highest BCUT2D eigenvalue weighted by molar-refractivity contribution is 7.14. The van der Waals surface area contributed by atoms with E-state index in [2.05, 4.69) is 34.1 Å². The van der Waals surface area contributed by atoms with Crippen molar-refractivity contribution < 1.29 is 9.53 Å². The lowest BCUT2D eigenvalue weighted by molar-refractivity contribution is -0.122. The van der Waals surface area contributed by atoms with Gasteiger partial charge in [0, 0.05) is 25.0 Å². The number of carbonyl (C=O) groups excluding carboxylic acids is 1. The number of aromatic nitrogens is 1. The number of para-hydroxylation sites is 1. The molecule has 4 rings (SSSR count). The van der Waals surface area contributed by atoms with Crippen LogP contribution in [-0.2, 0) is 16.1 Å². The lowest BCUT2D eigenvalue weighted by Gasteiger charge is -2.33. The minimum atomic E-state index is -0.118. The van der Waals surface area contributed by atoms with Gasteiger partial charge in [0.2, 0.25) is 5.91 Å². The van der Waals surface area contributed by atoms with Gasteiger partial charge in [-0.3, -0.25) is 14.6 Å². The zero-order chi connectivity index (χ0) is 20.1. The van der Waals surface area contributed by atoms with Gasteiger partial charge in [0.1, 0.15) is 0 Å². The van der Waals surface area contributed by atoms with Crippen molar-refractivity contribution in [2.24, 2.45) is 0 Å². The van der Waals surface area contributed by atoms with Crippen LogP contribution in [0.5, 0.6) is 0 Å². The van der Waals surface area contributed by atoms with E-state index in [0.717, 1.165) is 31.0 Å². The molecule has 1 saturated heterocycles. The second kappa shape index (κ2) is 9.31. The van der Waals surface area contributed by atoms with Crippen LogP contribution in [0.25, 0.3) is 0 Å². The van der Waals surface area contributed by atoms with E-state index in [0.29, 0.717) is 18.2 Å². The van der Waals surface area contributed by atoms with Crippen LogP contribution in [0.2, 0.25) is 0 Å². The summed E-state index contributed by atoms with van der Waals surface area (Å²) in [6, 6.07) is 20.1. The largest absolute Gasteiger partial charge is 0.375 e. The van der Waals surface area contributed by atoms with Gasteiger partial charge in [-0.05, 0) is 24.6 Å². The molecule has 0 aliphatic carbocycles. The summed E-state index contributed by atoms with van der Waals surface area (Å²) < 4.78 is 5.94. The number of morpholine rings is 1. The van der Waals surface area contributed by atoms with Crippen LogP contribution in [0, 0.1) is 6.92 Å². The third-order valence-corrected chi connectivity index (χ3v) is 5.88. The molecule has 1 aliphatic rings. The topological polar surface area (TPSA) is 45.7 Å². The molecule has 1 atom stereocenters. The molecule has 1 fully saturated rings. The second-order valence-electron chi connectivity index (χ2n) is 7.25. The Morgan fingerprint density at radius 3 is 2.59 bits per heavy atom. The van der Waals surface area contributed by atoms with E-state index in [1.807, 2.05) is 48.7 Å². The molecule has 3 aromatic rings. The van der Waals surface area contributed by atoms with Crippen molar-refractivity contribution in [3.05, 3.63) is 77.3 Å². The Hall–Kier alpha value is -2.54. The van der Waals surface area contributed by atoms with E-state index >= 15 is 0 Å². The van der Waals surface area contributed by atoms with Crippen LogP contribution in [0.15, 0.2) is 66.0 Å². The van der Waals surface area contributed by atoms with Crippen molar-refractivity contribution in [2.75, 3.05) is 24.6 Å². The molecule has 0 saturated carbocycles. The maximum Gasteiger partial charge on any atom is 0.236 e. The number of hydrogen-bond donors (Lipinski definition) is 0. The highest BCUT2D eigenvalue weighted by Gasteiger charge is 2.28. The van der Waals surface area contributed by atoms with Crippen LogP contribution in [0.3, 0.4) is 0 Å². The number of anilines is 2. The zero-order valence-electron chi connectivity index (χ0n) is 16.5. The van der Waals surface area contributed by atoms with Crippen molar-refractivity contribution in [3.8, 4) is 0 Å². The van der Waals surface area contributed by atoms with E-state index in [9.17, 15) is 4.79 Å². The molecule has 0 bridgehead atoms. The number of amides is 1. The molecule has 6 heteroatoms. The number of ether oxygens (including phenoxy) is 1. The van der Waals surface area contributed by atoms with Gasteiger partial charge in [-0.25, -0.2) is 4.98 Å². The first-order valence-corrected chi connectivity index (χ1v) is 10.7. The van der Waals surface area contributed by atoms with Gasteiger partial charge in [0.15, 0.2) is 5.13 Å². The molecular formula is C23H25N3O2S. The highest BCUT2D eigenvalue weighted by atomic mass is 32.1. The van der Waals surface area contributed by atoms with Crippen molar-refractivity contribution in [1.29, 1.82) is 0 Å². The molecule has 2 heterocycles. The molecule has 1 unspecified atom stereocenters. The number of rotatable bonds is 6. The Kier molecular flexibility index (Phi) is 6.34. The first-order valence-electron chi connectivity index (χ1n) is 9.87. The Labute approximate surface area is 175 Å². The summed E-state index contributed by atoms with van der Waals surface area (Å²) in [5.74, 6) is 0.0112. The van der Waals surface area contributed by atoms with Gasteiger partial charge in [-0.15, -0.1) is 11.3 Å². The SMILES string of the molecule is Cc1csc(N(C(=O)CC2CN(Cc3ccccc3)CCO2)c2ccccc2)n1. The van der Waals surface area contributed by atoms with Gasteiger partial charge in [-0.2, -0.15) is 0 Å². The van der Waals surface area contributed by atoms with Gasteiger partial charge >= 0.3 is 0 Å². The average molecular weight is 408 g/mol. The fourth-order valence-corrected chi connectivity index (χ4v) is 4.40. The normalized spacial score (nSPS) is 17.2. The summed E-state index contributed by atoms with van der Waals surface area (Å²) in [5, 5.41) is 2.67. The van der Waals surface area contributed by atoms with Crippen molar-refractivity contribution in [2.45, 2.75) is 26.0 Å². The summed E-state index contributed by atoms with van der Waals surface area (Å²) >= 11 is 1.49. The molecule has 0 spiro atoms. The maximum absolute atomic E-state index is 13.3. The summed E-state index contributed by atoms with van der Waals surface area (Å²) in [7, 11) is 0. The van der Waals surface area contributed by atoms with Gasteiger partial charge in [0.05, 0.1) is 30.5 Å². The van der Waals surface area contributed by atoms with E-state index in [4.69, 9.17) is 4.74 Å². The van der Waals surface area contributed by atoms with Crippen LogP contribution in [0.4, 0.5) is 10.8 Å². The molecule has 0 radical (unpaired) electrons. The van der Waals surface area contributed by atoms with Gasteiger partial charge < -0.3 is 4.74 Å². The highest BCUT2D eigenvalue weighted by Crippen LogP contribution is 2.30. The van der Waals surface area contributed by atoms with Crippen LogP contribution in [-0.4, -0.2) is 41.6 Å². The average Bonchev–Trinajstić information content (AvgIpc) is 3.16. The smallest absolute Gasteiger partial charge is 0.236 e. The minimum Gasteiger partial charge on any atom is -0.375 e. The standard InChI is InChI=1S/C23H25N3O2S/c1-18-17-29-23(24-18)26(20-10-6-3-7-11-20)22(27)14-21-16-25(12-13-28-21)15-19-8-4-2-5-9-19/h2-11,17,21H,12-16H2,1H3. The molecule has 0 N–H and O–H groups in total. The predicted molar refractivity (Wildman–Crippen MR) is 117 cm³/mol. The lowest BCUT2D eigenvalue weighted by Crippen LogP contribution is -2.44. The van der Waals surface area contributed by atoms with E-state index in [1.165, 1.54) is 16.9 Å². The molecular weight excluding hydrogens is 382 g/mol. The van der Waals surface area contributed by atoms with Crippen LogP contribution in [0.1, 0.15) is 17.7 Å². The number of thiazole rings is 1. The molecule has 29 heavy (non-hydrogen) atoms. The fraction of sp³-hybridized carbons (Fsp3) is 0.304. The van der Waals surface area contributed by atoms with Crippen molar-refractivity contribution >= 4 is 28.1 Å². The number of aryl methyl sites for hydroxylation is 1. The lowest BCUT2D eigenvalue weighted by atomic mass is 10.1. The molecule has 1 amide bonds. The summed E-state index contributed by atoms with van der Waals surface area (Å²) in [6.07, 6.45) is 0.214. The van der Waals surface area contributed by atoms with E-state index < -0.39 is 0 Å². The third kappa shape index (κ3) is 5.09. The summed E-state index contributed by atoms with van der Waals surface area (Å²) in [5.41, 5.74) is 3.04. The monoisotopic (exact) mass is 407 g/mol. The number of carbonyl (C=O) groups is 1. The summed E-state index contributed by atoms with van der Waals surface area (Å²) in [6.45, 7) is 5.10. The maximum atomic E-state index is 13.3. The number of nitrogens with zero attached hydrogens (tertiary/aromatic N) is 3. The molecule has 5 nitrogen and oxygen atoms in total. The Balaban J connectivity index is 1.45. The Morgan fingerprint density at radius 2 is 1.90 bits per heavy atom. The van der Waals surface area contributed by atoms with Crippen molar-refractivity contribution in [3.63, 3.8) is 0 Å². The third-order valence-electron chi connectivity index (χ3n) is 4.94. The molecule has 1 aromatic heterocycles. The first kappa shape index (κ1) is 19.8. The fourth-order valence-electron chi connectivity index (χ4n) is 3.56. The quantitative estimate of drug-likeness (QED) is 0.607. The molecule has 1 aliphatic heterocycles. The zero-order valence-corrected chi connectivity index (χ0v) is 17.3. The number of benzene rings is 2. The minimum absolute atomic E-state index is 0.0112. The number of hydrogen-bond acceptors (Lipinski definition) is 5. The van der Waals surface area contributed by atoms with E-state index in [1.54, 1.807) is 4.90 Å². The van der Waals surface area contributed by atoms with Gasteiger partial charge in [-0.1, -0.05) is 48.5 Å². The summed E-state index contributed by atoms with van der Waals surface area (Å²) in [4.78, 5) is 21.9. The van der Waals surface area contributed by atoms with Gasteiger partial charge in [0.25, 0.3) is 0 Å². The second-order valence-corrected chi connectivity index (χ2v) is 8.09. The van der Waals surface area contributed by atoms with Crippen LogP contribution >= 0.6 is 11.3 Å². The van der Waals surface area contributed by atoms with E-state index in [-0.39, 0.29) is 12.0 Å². The predicted octanol–water partition coefficient (Wildman–Crippen LogP) is 4.41. The van der Waals surface area contributed by atoms with Crippen LogP contribution < -0.4 is 4.90 Å². The van der Waals surface area contributed by atoms with Crippen molar-refractivity contribution in [1.82, 2.24) is 9.88 Å². The molecule has 2 aromatic carbocycles. The Bertz CT molecular complexity index is 930. The Morgan fingerprint density at radius 1 is 1.17 bits per heavy atom. The first-order chi connectivity index (χ1) is 14.2. The molecule has 150 valence electrons.